The molecular formula is C21H24N2O5. The van der Waals surface area contributed by atoms with E-state index in [1.165, 1.54) is 25.1 Å². The number of benzene rings is 2. The molecule has 0 heterocycles. The van der Waals surface area contributed by atoms with E-state index < -0.39 is 28.8 Å². The molecule has 0 unspecified atom stereocenters. The normalized spacial score (nSPS) is 13.8. The number of ether oxygens (including phenoxy) is 1. The molecule has 7 nitrogen and oxygen atoms in total. The fourth-order valence-electron chi connectivity index (χ4n) is 2.87. The Hall–Kier alpha value is -3.22. The third-order valence-electron chi connectivity index (χ3n) is 4.65. The number of nitrogens with one attached hydrogen (secondary N) is 1. The maximum absolute atomic E-state index is 12.8. The zero-order valence-electron chi connectivity index (χ0n) is 16.1. The van der Waals surface area contributed by atoms with Crippen molar-refractivity contribution in [2.24, 2.45) is 5.92 Å². The van der Waals surface area contributed by atoms with Gasteiger partial charge in [-0.15, -0.1) is 0 Å². The highest BCUT2D eigenvalue weighted by Gasteiger charge is 2.30. The highest BCUT2D eigenvalue weighted by atomic mass is 16.6. The van der Waals surface area contributed by atoms with Gasteiger partial charge in [-0.05, 0) is 24.5 Å². The van der Waals surface area contributed by atoms with Gasteiger partial charge in [-0.1, -0.05) is 62.7 Å². The number of hydrogen-bond acceptors (Lipinski definition) is 5. The maximum Gasteiger partial charge on any atom is 0.314 e. The third-order valence-corrected chi connectivity index (χ3v) is 4.65. The Morgan fingerprint density at radius 3 is 2.29 bits per heavy atom. The monoisotopic (exact) mass is 384 g/mol. The first kappa shape index (κ1) is 21.1. The summed E-state index contributed by atoms with van der Waals surface area (Å²) in [6.07, 6.45) is -0.326. The number of anilines is 1. The van der Waals surface area contributed by atoms with Crippen molar-refractivity contribution in [2.45, 2.75) is 39.2 Å². The highest BCUT2D eigenvalue weighted by Crippen LogP contribution is 2.29. The molecule has 3 atom stereocenters. The molecule has 0 aliphatic heterocycles. The van der Waals surface area contributed by atoms with Crippen molar-refractivity contribution in [3.8, 4) is 0 Å². The Bertz CT molecular complexity index is 838. The average molecular weight is 384 g/mol. The second kappa shape index (κ2) is 9.64. The van der Waals surface area contributed by atoms with Gasteiger partial charge in [0.05, 0.1) is 10.8 Å². The lowest BCUT2D eigenvalue weighted by Crippen LogP contribution is -2.33. The van der Waals surface area contributed by atoms with E-state index in [1.54, 1.807) is 6.07 Å². The van der Waals surface area contributed by atoms with Gasteiger partial charge in [-0.25, -0.2) is 0 Å². The zero-order valence-corrected chi connectivity index (χ0v) is 16.1. The Morgan fingerprint density at radius 2 is 1.68 bits per heavy atom. The molecule has 0 aliphatic rings. The molecule has 1 amide bonds. The Labute approximate surface area is 163 Å². The number of nitrogens with zero attached hydrogens (tertiary/aromatic N) is 1. The molecule has 148 valence electrons. The van der Waals surface area contributed by atoms with Crippen molar-refractivity contribution < 1.29 is 19.2 Å². The van der Waals surface area contributed by atoms with Gasteiger partial charge in [-0.3, -0.25) is 19.7 Å². The Morgan fingerprint density at radius 1 is 1.07 bits per heavy atom. The van der Waals surface area contributed by atoms with Crippen LogP contribution < -0.4 is 5.32 Å². The van der Waals surface area contributed by atoms with E-state index in [-0.39, 0.29) is 17.3 Å². The van der Waals surface area contributed by atoms with E-state index in [0.29, 0.717) is 0 Å². The number of nitro benzene ring substituents is 1. The first-order valence-corrected chi connectivity index (χ1v) is 9.14. The number of esters is 1. The van der Waals surface area contributed by atoms with Gasteiger partial charge in [0.1, 0.15) is 5.69 Å². The number of rotatable bonds is 8. The largest absolute Gasteiger partial charge is 0.452 e. The quantitative estimate of drug-likeness (QED) is 0.416. The van der Waals surface area contributed by atoms with Crippen LogP contribution in [0.5, 0.6) is 0 Å². The van der Waals surface area contributed by atoms with Gasteiger partial charge in [0.2, 0.25) is 0 Å². The van der Waals surface area contributed by atoms with Crippen molar-refractivity contribution in [3.63, 3.8) is 0 Å². The van der Waals surface area contributed by atoms with Crippen LogP contribution in [-0.4, -0.2) is 22.9 Å². The molecule has 0 aliphatic carbocycles. The molecule has 0 bridgehead atoms. The van der Waals surface area contributed by atoms with Crippen LogP contribution in [-0.2, 0) is 14.3 Å². The van der Waals surface area contributed by atoms with Gasteiger partial charge in [0, 0.05) is 6.07 Å². The van der Waals surface area contributed by atoms with Gasteiger partial charge in [-0.2, -0.15) is 0 Å². The first-order valence-electron chi connectivity index (χ1n) is 9.14. The Kier molecular flexibility index (Phi) is 7.26. The lowest BCUT2D eigenvalue weighted by atomic mass is 9.85. The van der Waals surface area contributed by atoms with E-state index in [0.717, 1.165) is 12.0 Å². The van der Waals surface area contributed by atoms with Gasteiger partial charge in [0.25, 0.3) is 11.6 Å². The van der Waals surface area contributed by atoms with Crippen LogP contribution in [0.2, 0.25) is 0 Å². The van der Waals surface area contributed by atoms with Gasteiger partial charge < -0.3 is 10.1 Å². The number of carbonyl (C=O) groups is 2. The SMILES string of the molecule is CC[C@@H](C)[C@@H](C(=O)O[C@@H](C)C(=O)Nc1ccccc1[N+](=O)[O-])c1ccccc1. The van der Waals surface area contributed by atoms with E-state index in [2.05, 4.69) is 5.32 Å². The van der Waals surface area contributed by atoms with Crippen molar-refractivity contribution in [1.82, 2.24) is 0 Å². The fraction of sp³-hybridized carbons (Fsp3) is 0.333. The molecule has 2 aromatic carbocycles. The molecule has 0 saturated heterocycles. The summed E-state index contributed by atoms with van der Waals surface area (Å²) in [5.74, 6) is -1.59. The van der Waals surface area contributed by atoms with Crippen LogP contribution in [0.1, 0.15) is 38.7 Å². The summed E-state index contributed by atoms with van der Waals surface area (Å²) >= 11 is 0. The molecule has 2 rings (SSSR count). The summed E-state index contributed by atoms with van der Waals surface area (Å²) in [5.41, 5.74) is 0.659. The van der Waals surface area contributed by atoms with E-state index in [9.17, 15) is 19.7 Å². The summed E-state index contributed by atoms with van der Waals surface area (Å²) in [7, 11) is 0. The second-order valence-corrected chi connectivity index (χ2v) is 6.62. The fourth-order valence-corrected chi connectivity index (χ4v) is 2.87. The van der Waals surface area contributed by atoms with E-state index in [4.69, 9.17) is 4.74 Å². The molecule has 28 heavy (non-hydrogen) atoms. The minimum Gasteiger partial charge on any atom is -0.452 e. The summed E-state index contributed by atoms with van der Waals surface area (Å²) in [6.45, 7) is 5.39. The van der Waals surface area contributed by atoms with Crippen LogP contribution in [0.25, 0.3) is 0 Å². The summed E-state index contributed by atoms with van der Waals surface area (Å²) in [4.78, 5) is 35.7. The van der Waals surface area contributed by atoms with Gasteiger partial charge in [0.15, 0.2) is 6.10 Å². The van der Waals surface area contributed by atoms with Crippen LogP contribution >= 0.6 is 0 Å². The molecule has 0 spiro atoms. The smallest absolute Gasteiger partial charge is 0.314 e. The maximum atomic E-state index is 12.8. The van der Waals surface area contributed by atoms with Crippen molar-refractivity contribution in [3.05, 3.63) is 70.3 Å². The number of amides is 1. The molecular weight excluding hydrogens is 360 g/mol. The molecule has 7 heteroatoms. The van der Waals surface area contributed by atoms with Crippen LogP contribution in [0.15, 0.2) is 54.6 Å². The number of hydrogen-bond donors (Lipinski definition) is 1. The summed E-state index contributed by atoms with van der Waals surface area (Å²) < 4.78 is 5.40. The van der Waals surface area contributed by atoms with Crippen molar-refractivity contribution in [1.29, 1.82) is 0 Å². The molecule has 0 radical (unpaired) electrons. The zero-order chi connectivity index (χ0) is 20.7. The topological polar surface area (TPSA) is 98.5 Å². The first-order chi connectivity index (χ1) is 13.3. The predicted octanol–water partition coefficient (Wildman–Crippen LogP) is 4.29. The minimum absolute atomic E-state index is 0.0281. The van der Waals surface area contributed by atoms with Crippen molar-refractivity contribution >= 4 is 23.3 Å². The summed E-state index contributed by atoms with van der Waals surface area (Å²) in [5, 5.41) is 13.5. The predicted molar refractivity (Wildman–Crippen MR) is 106 cm³/mol. The molecule has 2 aromatic rings. The molecule has 0 saturated carbocycles. The van der Waals surface area contributed by atoms with E-state index >= 15 is 0 Å². The lowest BCUT2D eigenvalue weighted by Gasteiger charge is -2.23. The molecule has 0 aromatic heterocycles. The summed E-state index contributed by atoms with van der Waals surface area (Å²) in [6, 6.07) is 15.1. The standard InChI is InChI=1S/C21H24N2O5/c1-4-14(2)19(16-10-6-5-7-11-16)21(25)28-15(3)20(24)22-17-12-8-9-13-18(17)23(26)27/h5-15,19H,4H2,1-3H3,(H,22,24)/t14-,15+,19-/m1/s1. The molecule has 0 fully saturated rings. The number of para-hydroxylation sites is 2. The minimum atomic E-state index is -1.09. The van der Waals surface area contributed by atoms with E-state index in [1.807, 2.05) is 44.2 Å². The second-order valence-electron chi connectivity index (χ2n) is 6.62. The van der Waals surface area contributed by atoms with Gasteiger partial charge >= 0.3 is 5.97 Å². The van der Waals surface area contributed by atoms with Crippen LogP contribution in [0, 0.1) is 16.0 Å². The number of carbonyl (C=O) groups excluding carboxylic acids is 2. The Balaban J connectivity index is 2.12. The van der Waals surface area contributed by atoms with Crippen LogP contribution in [0.3, 0.4) is 0 Å². The van der Waals surface area contributed by atoms with Crippen molar-refractivity contribution in [2.75, 3.05) is 5.32 Å². The average Bonchev–Trinajstić information content (AvgIpc) is 2.68. The molecule has 1 N–H and O–H groups in total. The lowest BCUT2D eigenvalue weighted by molar-refractivity contribution is -0.383. The number of nitro groups is 1. The van der Waals surface area contributed by atoms with Crippen LogP contribution in [0.4, 0.5) is 11.4 Å². The highest BCUT2D eigenvalue weighted by molar-refractivity contribution is 5.97. The third kappa shape index (κ3) is 5.16.